The fourth-order valence-electron chi connectivity index (χ4n) is 4.20. The fraction of sp³-hybridized carbons (Fsp3) is 0.318. The number of ether oxygens (including phenoxy) is 1. The molecule has 0 aliphatic carbocycles. The van der Waals surface area contributed by atoms with E-state index in [1.165, 1.54) is 19.5 Å². The van der Waals surface area contributed by atoms with Crippen molar-refractivity contribution in [3.05, 3.63) is 60.1 Å². The molecule has 10 heteroatoms. The first-order valence-corrected chi connectivity index (χ1v) is 10.4. The Kier molecular flexibility index (Phi) is 5.36. The summed E-state index contributed by atoms with van der Waals surface area (Å²) in [5.41, 5.74) is 3.54. The van der Waals surface area contributed by atoms with Crippen LogP contribution < -0.4 is 9.64 Å². The summed E-state index contributed by atoms with van der Waals surface area (Å²) in [4.78, 5) is 19.2. The number of rotatable bonds is 6. The van der Waals surface area contributed by atoms with Gasteiger partial charge in [0, 0.05) is 30.8 Å². The zero-order chi connectivity index (χ0) is 22.1. The van der Waals surface area contributed by atoms with E-state index in [4.69, 9.17) is 9.84 Å². The van der Waals surface area contributed by atoms with E-state index >= 15 is 0 Å². The van der Waals surface area contributed by atoms with E-state index in [9.17, 15) is 9.50 Å². The molecule has 0 radical (unpaired) electrons. The van der Waals surface area contributed by atoms with Crippen molar-refractivity contribution in [2.24, 2.45) is 0 Å². The molecular weight excluding hydrogens is 413 g/mol. The van der Waals surface area contributed by atoms with E-state index < -0.39 is 5.82 Å². The standard InChI is InChI=1S/C22H22FN7O2/c1-32-22-16(9-14(23)11-25-22)18-3-2-7-29(18)21-5-4-20-24-12-19(30(20)28-21)17-10-15(6-8-31)26-13-27-17/h4-5,9-13,18,31H,2-3,6-8H2,1H3/t18-/m1/s1. The second-order valence-electron chi connectivity index (χ2n) is 7.58. The predicted molar refractivity (Wildman–Crippen MR) is 115 cm³/mol. The molecule has 4 aromatic rings. The predicted octanol–water partition coefficient (Wildman–Crippen LogP) is 2.61. The van der Waals surface area contributed by atoms with Crippen LogP contribution in [0.15, 0.2) is 43.0 Å². The third-order valence-corrected chi connectivity index (χ3v) is 5.65. The first-order valence-electron chi connectivity index (χ1n) is 10.4. The Labute approximate surface area is 183 Å². The number of methoxy groups -OCH3 is 1. The molecule has 0 unspecified atom stereocenters. The second kappa shape index (κ2) is 8.46. The van der Waals surface area contributed by atoms with Crippen molar-refractivity contribution in [3.63, 3.8) is 0 Å². The molecule has 0 bridgehead atoms. The number of nitrogens with zero attached hydrogens (tertiary/aromatic N) is 7. The van der Waals surface area contributed by atoms with Gasteiger partial charge in [0.2, 0.25) is 5.88 Å². The van der Waals surface area contributed by atoms with Gasteiger partial charge >= 0.3 is 0 Å². The lowest BCUT2D eigenvalue weighted by molar-refractivity contribution is 0.298. The number of fused-ring (bicyclic) bond motifs is 1. The van der Waals surface area contributed by atoms with Crippen molar-refractivity contribution in [2.45, 2.75) is 25.3 Å². The summed E-state index contributed by atoms with van der Waals surface area (Å²) in [5, 5.41) is 14.0. The van der Waals surface area contributed by atoms with Crippen molar-refractivity contribution in [1.29, 1.82) is 0 Å². The maximum atomic E-state index is 14.0. The quantitative estimate of drug-likeness (QED) is 0.493. The van der Waals surface area contributed by atoms with Gasteiger partial charge in [-0.2, -0.15) is 0 Å². The van der Waals surface area contributed by atoms with Crippen molar-refractivity contribution in [3.8, 4) is 17.3 Å². The zero-order valence-corrected chi connectivity index (χ0v) is 17.5. The molecule has 1 aliphatic heterocycles. The molecule has 1 atom stereocenters. The lowest BCUT2D eigenvalue weighted by Gasteiger charge is -2.26. The fourth-order valence-corrected chi connectivity index (χ4v) is 4.20. The third-order valence-electron chi connectivity index (χ3n) is 5.65. The summed E-state index contributed by atoms with van der Waals surface area (Å²) in [6.45, 7) is 0.793. The topological polar surface area (TPSA) is 102 Å². The van der Waals surface area contributed by atoms with Gasteiger partial charge in [-0.1, -0.05) is 0 Å². The highest BCUT2D eigenvalue weighted by Crippen LogP contribution is 2.38. The number of hydrogen-bond donors (Lipinski definition) is 1. The van der Waals surface area contributed by atoms with Crippen LogP contribution in [0.5, 0.6) is 5.88 Å². The smallest absolute Gasteiger partial charge is 0.218 e. The van der Waals surface area contributed by atoms with Crippen molar-refractivity contribution in [1.82, 2.24) is 29.5 Å². The minimum absolute atomic E-state index is 0.0146. The van der Waals surface area contributed by atoms with Crippen LogP contribution in [-0.2, 0) is 6.42 Å². The Morgan fingerprint density at radius 2 is 2.06 bits per heavy atom. The largest absolute Gasteiger partial charge is 0.481 e. The van der Waals surface area contributed by atoms with Gasteiger partial charge in [-0.15, -0.1) is 5.10 Å². The van der Waals surface area contributed by atoms with Crippen molar-refractivity contribution >= 4 is 11.5 Å². The van der Waals surface area contributed by atoms with Crippen molar-refractivity contribution in [2.75, 3.05) is 25.2 Å². The van der Waals surface area contributed by atoms with E-state index in [0.29, 0.717) is 29.2 Å². The number of aromatic nitrogens is 6. The molecular formula is C22H22FN7O2. The molecule has 1 N–H and O–H groups in total. The molecule has 9 nitrogen and oxygen atoms in total. The summed E-state index contributed by atoms with van der Waals surface area (Å²) in [6, 6.07) is 7.04. The van der Waals surface area contributed by atoms with Gasteiger partial charge in [-0.05, 0) is 37.1 Å². The van der Waals surface area contributed by atoms with Gasteiger partial charge in [-0.3, -0.25) is 0 Å². The zero-order valence-electron chi connectivity index (χ0n) is 17.5. The highest BCUT2D eigenvalue weighted by atomic mass is 19.1. The summed E-state index contributed by atoms with van der Waals surface area (Å²) in [7, 11) is 1.54. The maximum Gasteiger partial charge on any atom is 0.218 e. The van der Waals surface area contributed by atoms with Crippen molar-refractivity contribution < 1.29 is 14.2 Å². The first kappa shape index (κ1) is 20.3. The minimum Gasteiger partial charge on any atom is -0.481 e. The van der Waals surface area contributed by atoms with Crippen LogP contribution in [-0.4, -0.2) is 54.9 Å². The summed E-state index contributed by atoms with van der Waals surface area (Å²) >= 11 is 0. The van der Waals surface area contributed by atoms with E-state index in [1.807, 2.05) is 18.2 Å². The van der Waals surface area contributed by atoms with Crippen LogP contribution in [0.2, 0.25) is 0 Å². The molecule has 0 amide bonds. The number of imidazole rings is 1. The van der Waals surface area contributed by atoms with E-state index in [-0.39, 0.29) is 12.6 Å². The third kappa shape index (κ3) is 3.62. The number of anilines is 1. The van der Waals surface area contributed by atoms with E-state index in [0.717, 1.165) is 42.8 Å². The Balaban J connectivity index is 1.55. The molecule has 1 fully saturated rings. The van der Waals surface area contributed by atoms with E-state index in [1.54, 1.807) is 10.7 Å². The van der Waals surface area contributed by atoms with Crippen LogP contribution in [0.1, 0.15) is 30.1 Å². The van der Waals surface area contributed by atoms with Gasteiger partial charge in [0.1, 0.15) is 23.7 Å². The Morgan fingerprint density at radius 3 is 2.91 bits per heavy atom. The molecule has 0 aromatic carbocycles. The average Bonchev–Trinajstić information content (AvgIpc) is 3.46. The van der Waals surface area contributed by atoms with Crippen LogP contribution in [0, 0.1) is 5.82 Å². The van der Waals surface area contributed by atoms with Crippen LogP contribution in [0.25, 0.3) is 17.0 Å². The SMILES string of the molecule is COc1ncc(F)cc1[C@H]1CCCN1c1ccc2ncc(-c3cc(CCO)ncn3)n2n1. The minimum atomic E-state index is -0.393. The molecule has 1 aliphatic rings. The second-order valence-corrected chi connectivity index (χ2v) is 7.58. The number of hydrogen-bond acceptors (Lipinski definition) is 8. The van der Waals surface area contributed by atoms with Gasteiger partial charge in [0.15, 0.2) is 5.65 Å². The Hall–Kier alpha value is -3.66. The van der Waals surface area contributed by atoms with Gasteiger partial charge in [-0.25, -0.2) is 28.8 Å². The van der Waals surface area contributed by atoms with Crippen LogP contribution in [0.3, 0.4) is 0 Å². The molecule has 4 aromatic heterocycles. The number of pyridine rings is 1. The van der Waals surface area contributed by atoms with Gasteiger partial charge in [0.25, 0.3) is 0 Å². The monoisotopic (exact) mass is 435 g/mol. The lowest BCUT2D eigenvalue weighted by atomic mass is 10.1. The highest BCUT2D eigenvalue weighted by molar-refractivity contribution is 5.61. The van der Waals surface area contributed by atoms with E-state index in [2.05, 4.69) is 24.8 Å². The molecule has 0 saturated carbocycles. The molecule has 5 rings (SSSR count). The number of halogens is 1. The van der Waals surface area contributed by atoms with Crippen LogP contribution >= 0.6 is 0 Å². The van der Waals surface area contributed by atoms with Gasteiger partial charge < -0.3 is 14.7 Å². The number of aliphatic hydroxyl groups is 1. The Morgan fingerprint density at radius 1 is 1.16 bits per heavy atom. The summed E-state index contributed by atoms with van der Waals surface area (Å²) in [5.74, 6) is 0.774. The maximum absolute atomic E-state index is 14.0. The molecule has 32 heavy (non-hydrogen) atoms. The normalized spacial score (nSPS) is 16.1. The molecule has 0 spiro atoms. The average molecular weight is 435 g/mol. The highest BCUT2D eigenvalue weighted by Gasteiger charge is 2.31. The number of aliphatic hydroxyl groups excluding tert-OH is 1. The first-order chi connectivity index (χ1) is 15.7. The Bertz CT molecular complexity index is 1260. The van der Waals surface area contributed by atoms with Gasteiger partial charge in [0.05, 0.1) is 31.2 Å². The summed E-state index contributed by atoms with van der Waals surface area (Å²) in [6.07, 6.45) is 6.59. The molecule has 1 saturated heterocycles. The molecule has 164 valence electrons. The molecule has 5 heterocycles. The summed E-state index contributed by atoms with van der Waals surface area (Å²) < 4.78 is 21.1. The lowest BCUT2D eigenvalue weighted by Crippen LogP contribution is -2.25. The van der Waals surface area contributed by atoms with Crippen LogP contribution in [0.4, 0.5) is 10.2 Å².